The lowest BCUT2D eigenvalue weighted by Gasteiger charge is -2.25. The number of nitriles is 2. The summed E-state index contributed by atoms with van der Waals surface area (Å²) >= 11 is 0. The number of aromatic nitrogens is 1. The number of hydrogen-bond donors (Lipinski definition) is 1. The zero-order valence-electron chi connectivity index (χ0n) is 17.1. The Morgan fingerprint density at radius 3 is 2.27 bits per heavy atom. The molecule has 0 spiro atoms. The van der Waals surface area contributed by atoms with E-state index in [2.05, 4.69) is 0 Å². The topological polar surface area (TPSA) is 127 Å². The molecule has 8 nitrogen and oxygen atoms in total. The van der Waals surface area contributed by atoms with E-state index in [-0.39, 0.29) is 29.1 Å². The molecule has 30 heavy (non-hydrogen) atoms. The van der Waals surface area contributed by atoms with Gasteiger partial charge in [-0.15, -0.1) is 0 Å². The zero-order chi connectivity index (χ0) is 22.6. The van der Waals surface area contributed by atoms with Crippen molar-refractivity contribution in [1.82, 2.24) is 9.47 Å². The standard InChI is InChI=1S/C22H20N4O4/c1-5-26-21(29)16(14(3)18(12-24)22(26)30)10-8-6-7-9-15-13(2)17(11-23)20(28)25(4)19(15)27/h6-10,27H,5H2,1-4H3/b8-6?,9-7?,16-10-. The first-order valence-corrected chi connectivity index (χ1v) is 9.06. The molecule has 1 aromatic heterocycles. The summed E-state index contributed by atoms with van der Waals surface area (Å²) in [5.41, 5.74) is 0.542. The van der Waals surface area contributed by atoms with Crippen molar-refractivity contribution in [3.63, 3.8) is 0 Å². The average Bonchev–Trinajstić information content (AvgIpc) is 2.71. The highest BCUT2D eigenvalue weighted by Crippen LogP contribution is 2.25. The first kappa shape index (κ1) is 22.1. The number of nitrogens with zero attached hydrogens (tertiary/aromatic N) is 4. The van der Waals surface area contributed by atoms with Gasteiger partial charge in [0.15, 0.2) is 0 Å². The van der Waals surface area contributed by atoms with Gasteiger partial charge in [-0.05, 0) is 44.1 Å². The molecule has 0 saturated heterocycles. The lowest BCUT2D eigenvalue weighted by Crippen LogP contribution is -2.42. The summed E-state index contributed by atoms with van der Waals surface area (Å²) < 4.78 is 0.992. The van der Waals surface area contributed by atoms with Gasteiger partial charge in [0.25, 0.3) is 17.4 Å². The van der Waals surface area contributed by atoms with Crippen molar-refractivity contribution in [2.24, 2.45) is 7.05 Å². The summed E-state index contributed by atoms with van der Waals surface area (Å²) in [6.45, 7) is 4.93. The maximum Gasteiger partial charge on any atom is 0.271 e. The van der Waals surface area contributed by atoms with Crippen LogP contribution in [0.3, 0.4) is 0 Å². The highest BCUT2D eigenvalue weighted by atomic mass is 16.3. The fourth-order valence-corrected chi connectivity index (χ4v) is 3.05. The van der Waals surface area contributed by atoms with Crippen molar-refractivity contribution in [2.45, 2.75) is 20.8 Å². The van der Waals surface area contributed by atoms with Crippen LogP contribution in [0.2, 0.25) is 0 Å². The van der Waals surface area contributed by atoms with Crippen molar-refractivity contribution < 1.29 is 14.7 Å². The molecule has 0 radical (unpaired) electrons. The number of likely N-dealkylation sites (N-methyl/N-ethyl adjacent to an activating group) is 1. The third kappa shape index (κ3) is 3.71. The average molecular weight is 404 g/mol. The van der Waals surface area contributed by atoms with Crippen molar-refractivity contribution >= 4 is 17.9 Å². The van der Waals surface area contributed by atoms with Gasteiger partial charge in [0, 0.05) is 24.7 Å². The summed E-state index contributed by atoms with van der Waals surface area (Å²) in [6.07, 6.45) is 7.76. The van der Waals surface area contributed by atoms with E-state index in [4.69, 9.17) is 5.26 Å². The number of carbonyl (C=O) groups excluding carboxylic acids is 2. The van der Waals surface area contributed by atoms with E-state index >= 15 is 0 Å². The Hall–Kier alpha value is -4.17. The number of hydrogen-bond acceptors (Lipinski definition) is 6. The first-order chi connectivity index (χ1) is 14.2. The molecule has 0 fully saturated rings. The summed E-state index contributed by atoms with van der Waals surface area (Å²) in [5, 5.41) is 28.6. The second-order valence-corrected chi connectivity index (χ2v) is 6.50. The van der Waals surface area contributed by atoms with Crippen LogP contribution in [0.5, 0.6) is 5.88 Å². The van der Waals surface area contributed by atoms with Gasteiger partial charge in [-0.2, -0.15) is 10.5 Å². The van der Waals surface area contributed by atoms with Crippen LogP contribution >= 0.6 is 0 Å². The number of pyridine rings is 1. The molecule has 0 atom stereocenters. The van der Waals surface area contributed by atoms with Crippen LogP contribution in [0.1, 0.15) is 30.5 Å². The van der Waals surface area contributed by atoms with Gasteiger partial charge in [0.05, 0.1) is 0 Å². The lowest BCUT2D eigenvalue weighted by molar-refractivity contribution is -0.140. The van der Waals surface area contributed by atoms with Crippen molar-refractivity contribution in [3.8, 4) is 18.0 Å². The molecule has 2 rings (SSSR count). The maximum absolute atomic E-state index is 12.5. The van der Waals surface area contributed by atoms with Crippen LogP contribution in [0.15, 0.2) is 45.8 Å². The Morgan fingerprint density at radius 1 is 1.03 bits per heavy atom. The van der Waals surface area contributed by atoms with E-state index in [9.17, 15) is 24.8 Å². The molecule has 0 saturated carbocycles. The summed E-state index contributed by atoms with van der Waals surface area (Å²) in [5.74, 6) is -1.34. The molecule has 1 aliphatic heterocycles. The fraction of sp³-hybridized carbons (Fsp3) is 0.227. The molecule has 0 aromatic carbocycles. The third-order valence-electron chi connectivity index (χ3n) is 4.86. The smallest absolute Gasteiger partial charge is 0.271 e. The summed E-state index contributed by atoms with van der Waals surface area (Å²) in [4.78, 5) is 37.6. The van der Waals surface area contributed by atoms with Gasteiger partial charge in [-0.3, -0.25) is 23.9 Å². The molecule has 0 bridgehead atoms. The van der Waals surface area contributed by atoms with E-state index < -0.39 is 17.4 Å². The number of rotatable bonds is 4. The predicted octanol–water partition coefficient (Wildman–Crippen LogP) is 2.00. The molecule has 152 valence electrons. The minimum Gasteiger partial charge on any atom is -0.494 e. The zero-order valence-corrected chi connectivity index (χ0v) is 17.1. The van der Waals surface area contributed by atoms with Gasteiger partial charge in [0.1, 0.15) is 23.3 Å². The minimum absolute atomic E-state index is 0.0528. The third-order valence-corrected chi connectivity index (χ3v) is 4.86. The Bertz CT molecular complexity index is 1200. The van der Waals surface area contributed by atoms with Crippen LogP contribution in [0, 0.1) is 29.6 Å². The van der Waals surface area contributed by atoms with Crippen LogP contribution in [0.4, 0.5) is 0 Å². The highest BCUT2D eigenvalue weighted by Gasteiger charge is 2.33. The number of carbonyl (C=O) groups is 2. The van der Waals surface area contributed by atoms with Crippen LogP contribution in [0.25, 0.3) is 6.08 Å². The Balaban J connectivity index is 2.40. The summed E-state index contributed by atoms with van der Waals surface area (Å²) in [6, 6.07) is 3.69. The number of amides is 2. The van der Waals surface area contributed by atoms with Crippen LogP contribution in [-0.2, 0) is 16.6 Å². The predicted molar refractivity (Wildman–Crippen MR) is 110 cm³/mol. The SMILES string of the molecule is CCN1C(=O)C(C#N)=C(C)/C(=C/C=CC=Cc2c(C)c(C#N)c(=O)n(C)c2O)C1=O. The van der Waals surface area contributed by atoms with Gasteiger partial charge in [-0.1, -0.05) is 18.2 Å². The van der Waals surface area contributed by atoms with Crippen molar-refractivity contribution in [3.05, 3.63) is 68.1 Å². The van der Waals surface area contributed by atoms with E-state index in [0.717, 1.165) is 9.47 Å². The number of allylic oxidation sites excluding steroid dienone is 4. The van der Waals surface area contributed by atoms with Crippen molar-refractivity contribution in [2.75, 3.05) is 6.54 Å². The molecule has 1 aliphatic rings. The second-order valence-electron chi connectivity index (χ2n) is 6.50. The Morgan fingerprint density at radius 2 is 1.70 bits per heavy atom. The van der Waals surface area contributed by atoms with Crippen LogP contribution < -0.4 is 5.56 Å². The highest BCUT2D eigenvalue weighted by molar-refractivity contribution is 6.18. The molecular formula is C22H20N4O4. The van der Waals surface area contributed by atoms with E-state index in [1.807, 2.05) is 12.1 Å². The van der Waals surface area contributed by atoms with Gasteiger partial charge in [-0.25, -0.2) is 0 Å². The molecule has 8 heteroatoms. The molecular weight excluding hydrogens is 384 g/mol. The minimum atomic E-state index is -0.600. The molecule has 1 aromatic rings. The molecule has 2 heterocycles. The molecule has 2 amide bonds. The monoisotopic (exact) mass is 404 g/mol. The number of imide groups is 1. The number of aromatic hydroxyl groups is 1. The Kier molecular flexibility index (Phi) is 6.55. The summed E-state index contributed by atoms with van der Waals surface area (Å²) in [7, 11) is 1.37. The second kappa shape index (κ2) is 8.89. The Labute approximate surface area is 173 Å². The van der Waals surface area contributed by atoms with Gasteiger partial charge < -0.3 is 5.11 Å². The van der Waals surface area contributed by atoms with E-state index in [0.29, 0.717) is 16.7 Å². The first-order valence-electron chi connectivity index (χ1n) is 9.06. The fourth-order valence-electron chi connectivity index (χ4n) is 3.05. The largest absolute Gasteiger partial charge is 0.494 e. The van der Waals surface area contributed by atoms with Crippen LogP contribution in [-0.4, -0.2) is 32.9 Å². The van der Waals surface area contributed by atoms with E-state index in [1.165, 1.54) is 19.2 Å². The van der Waals surface area contributed by atoms with Crippen molar-refractivity contribution in [1.29, 1.82) is 10.5 Å². The normalized spacial score (nSPS) is 16.1. The van der Waals surface area contributed by atoms with Gasteiger partial charge >= 0.3 is 0 Å². The molecule has 0 unspecified atom stereocenters. The molecule has 0 aliphatic carbocycles. The maximum atomic E-state index is 12.5. The molecule has 1 N–H and O–H groups in total. The van der Waals surface area contributed by atoms with E-state index in [1.54, 1.807) is 39.0 Å². The lowest BCUT2D eigenvalue weighted by atomic mass is 9.95. The van der Waals surface area contributed by atoms with Gasteiger partial charge in [0.2, 0.25) is 5.88 Å². The quantitative estimate of drug-likeness (QED) is 0.464.